The number of rotatable bonds is 1. The average molecular weight is 238 g/mol. The summed E-state index contributed by atoms with van der Waals surface area (Å²) in [6.07, 6.45) is -4.58. The molecule has 0 bridgehead atoms. The Kier molecular flexibility index (Phi) is 2.55. The first-order chi connectivity index (χ1) is 8.02. The highest BCUT2D eigenvalue weighted by atomic mass is 19.4. The molecule has 0 aliphatic carbocycles. The predicted octanol–water partition coefficient (Wildman–Crippen LogP) is 2.36. The summed E-state index contributed by atoms with van der Waals surface area (Å²) < 4.78 is 36.9. The molecular formula is C10H5F3N4. The van der Waals surface area contributed by atoms with E-state index in [-0.39, 0.29) is 17.0 Å². The van der Waals surface area contributed by atoms with Crippen molar-refractivity contribution < 1.29 is 13.2 Å². The van der Waals surface area contributed by atoms with E-state index in [0.717, 1.165) is 0 Å². The van der Waals surface area contributed by atoms with Crippen LogP contribution in [0.5, 0.6) is 0 Å². The highest BCUT2D eigenvalue weighted by Gasteiger charge is 2.35. The Morgan fingerprint density at radius 1 is 1.24 bits per heavy atom. The minimum atomic E-state index is -4.58. The minimum Gasteiger partial charge on any atom is -0.255 e. The molecule has 2 rings (SSSR count). The summed E-state index contributed by atoms with van der Waals surface area (Å²) in [5.74, 6) is -1.32. The number of aromatic nitrogens is 3. The second kappa shape index (κ2) is 3.90. The van der Waals surface area contributed by atoms with Gasteiger partial charge in [0, 0.05) is 5.56 Å². The molecule has 0 saturated carbocycles. The molecule has 2 aromatic rings. The molecule has 0 aliphatic rings. The lowest BCUT2D eigenvalue weighted by Gasteiger charge is -1.99. The van der Waals surface area contributed by atoms with Crippen molar-refractivity contribution in [3.63, 3.8) is 0 Å². The van der Waals surface area contributed by atoms with Gasteiger partial charge in [0.05, 0.1) is 11.6 Å². The summed E-state index contributed by atoms with van der Waals surface area (Å²) in [7, 11) is 0. The van der Waals surface area contributed by atoms with Gasteiger partial charge in [-0.15, -0.1) is 0 Å². The van der Waals surface area contributed by atoms with Crippen molar-refractivity contribution in [3.05, 3.63) is 35.7 Å². The smallest absolute Gasteiger partial charge is 0.255 e. The van der Waals surface area contributed by atoms with E-state index >= 15 is 0 Å². The third-order valence-corrected chi connectivity index (χ3v) is 2.04. The number of alkyl halides is 3. The van der Waals surface area contributed by atoms with Gasteiger partial charge in [0.25, 0.3) is 0 Å². The van der Waals surface area contributed by atoms with E-state index in [0.29, 0.717) is 0 Å². The van der Waals surface area contributed by atoms with Crippen molar-refractivity contribution in [3.8, 4) is 17.5 Å². The Balaban J connectivity index is 2.49. The molecule has 1 heterocycles. The Bertz CT molecular complexity index is 580. The molecule has 17 heavy (non-hydrogen) atoms. The second-order valence-corrected chi connectivity index (χ2v) is 3.16. The molecule has 0 unspecified atom stereocenters. The number of halogens is 3. The Morgan fingerprint density at radius 2 is 1.94 bits per heavy atom. The zero-order valence-corrected chi connectivity index (χ0v) is 8.28. The normalized spacial score (nSPS) is 11.2. The fourth-order valence-corrected chi connectivity index (χ4v) is 1.28. The highest BCUT2D eigenvalue weighted by Crippen LogP contribution is 2.28. The number of benzene rings is 1. The van der Waals surface area contributed by atoms with Gasteiger partial charge >= 0.3 is 6.18 Å². The van der Waals surface area contributed by atoms with E-state index in [1.807, 2.05) is 6.07 Å². The van der Waals surface area contributed by atoms with Crippen LogP contribution >= 0.6 is 0 Å². The first-order valence-corrected chi connectivity index (χ1v) is 4.51. The molecule has 1 aromatic carbocycles. The molecular weight excluding hydrogens is 233 g/mol. The van der Waals surface area contributed by atoms with E-state index in [9.17, 15) is 13.2 Å². The van der Waals surface area contributed by atoms with Crippen LogP contribution in [0, 0.1) is 11.3 Å². The van der Waals surface area contributed by atoms with Crippen LogP contribution in [0.15, 0.2) is 24.3 Å². The third-order valence-electron chi connectivity index (χ3n) is 2.04. The molecule has 86 valence electrons. The fourth-order valence-electron chi connectivity index (χ4n) is 1.28. The summed E-state index contributed by atoms with van der Waals surface area (Å²) in [6, 6.07) is 8.05. The van der Waals surface area contributed by atoms with Crippen LogP contribution in [-0.2, 0) is 6.18 Å². The summed E-state index contributed by atoms with van der Waals surface area (Å²) in [4.78, 5) is 3.32. The maximum absolute atomic E-state index is 12.3. The first kappa shape index (κ1) is 11.1. The number of H-pyrrole nitrogens is 1. The monoisotopic (exact) mass is 238 g/mol. The molecule has 0 aliphatic heterocycles. The van der Waals surface area contributed by atoms with Gasteiger partial charge in [-0.05, 0) is 12.1 Å². The van der Waals surface area contributed by atoms with Gasteiger partial charge in [0.1, 0.15) is 0 Å². The second-order valence-electron chi connectivity index (χ2n) is 3.16. The molecule has 0 saturated heterocycles. The summed E-state index contributed by atoms with van der Waals surface area (Å²) >= 11 is 0. The topological polar surface area (TPSA) is 65.4 Å². The zero-order valence-electron chi connectivity index (χ0n) is 8.28. The van der Waals surface area contributed by atoms with Crippen molar-refractivity contribution in [2.45, 2.75) is 6.18 Å². The number of aromatic amines is 1. The van der Waals surface area contributed by atoms with Crippen LogP contribution < -0.4 is 0 Å². The van der Waals surface area contributed by atoms with Crippen LogP contribution in [0.4, 0.5) is 13.2 Å². The van der Waals surface area contributed by atoms with Crippen LogP contribution in [0.2, 0.25) is 0 Å². The van der Waals surface area contributed by atoms with Crippen molar-refractivity contribution in [1.29, 1.82) is 5.26 Å². The van der Waals surface area contributed by atoms with E-state index in [1.165, 1.54) is 12.1 Å². The number of nitrogens with zero attached hydrogens (tertiary/aromatic N) is 3. The average Bonchev–Trinajstić information content (AvgIpc) is 2.77. The SMILES string of the molecule is N#Cc1ccccc1-c1n[nH]c(C(F)(F)F)n1. The fraction of sp³-hybridized carbons (Fsp3) is 0.100. The molecule has 0 amide bonds. The third kappa shape index (κ3) is 2.10. The number of nitriles is 1. The molecule has 4 nitrogen and oxygen atoms in total. The van der Waals surface area contributed by atoms with Gasteiger partial charge in [0.15, 0.2) is 5.82 Å². The standard InChI is InChI=1S/C10H5F3N4/c11-10(12,13)9-15-8(16-17-9)7-4-2-1-3-6(7)5-14/h1-4H,(H,15,16,17). The number of hydrogen-bond acceptors (Lipinski definition) is 3. The van der Waals surface area contributed by atoms with E-state index in [4.69, 9.17) is 5.26 Å². The maximum Gasteiger partial charge on any atom is 0.451 e. The molecule has 0 atom stereocenters. The van der Waals surface area contributed by atoms with Crippen molar-refractivity contribution in [2.24, 2.45) is 0 Å². The lowest BCUT2D eigenvalue weighted by atomic mass is 10.1. The van der Waals surface area contributed by atoms with Crippen molar-refractivity contribution in [1.82, 2.24) is 15.2 Å². The van der Waals surface area contributed by atoms with Gasteiger partial charge in [-0.1, -0.05) is 12.1 Å². The van der Waals surface area contributed by atoms with Crippen LogP contribution in [-0.4, -0.2) is 15.2 Å². The molecule has 7 heteroatoms. The number of nitrogens with one attached hydrogen (secondary N) is 1. The van der Waals surface area contributed by atoms with Crippen LogP contribution in [0.1, 0.15) is 11.4 Å². The molecule has 0 fully saturated rings. The van der Waals surface area contributed by atoms with Gasteiger partial charge in [-0.2, -0.15) is 23.5 Å². The van der Waals surface area contributed by atoms with Crippen LogP contribution in [0.3, 0.4) is 0 Å². The molecule has 1 aromatic heterocycles. The van der Waals surface area contributed by atoms with E-state index in [1.54, 1.807) is 17.2 Å². The lowest BCUT2D eigenvalue weighted by Crippen LogP contribution is -2.07. The van der Waals surface area contributed by atoms with Crippen molar-refractivity contribution in [2.75, 3.05) is 0 Å². The molecule has 0 radical (unpaired) electrons. The van der Waals surface area contributed by atoms with Crippen LogP contribution in [0.25, 0.3) is 11.4 Å². The summed E-state index contributed by atoms with van der Waals surface area (Å²) in [5.41, 5.74) is 0.488. The largest absolute Gasteiger partial charge is 0.451 e. The Labute approximate surface area is 93.7 Å². The zero-order chi connectivity index (χ0) is 12.5. The van der Waals surface area contributed by atoms with Gasteiger partial charge in [0.2, 0.25) is 5.82 Å². The Morgan fingerprint density at radius 3 is 2.53 bits per heavy atom. The Hall–Kier alpha value is -2.36. The summed E-state index contributed by atoms with van der Waals surface area (Å²) in [5, 5.41) is 14.1. The quantitative estimate of drug-likeness (QED) is 0.829. The van der Waals surface area contributed by atoms with Crippen molar-refractivity contribution >= 4 is 0 Å². The number of hydrogen-bond donors (Lipinski definition) is 1. The summed E-state index contributed by atoms with van der Waals surface area (Å²) in [6.45, 7) is 0. The van der Waals surface area contributed by atoms with E-state index < -0.39 is 12.0 Å². The molecule has 1 N–H and O–H groups in total. The van der Waals surface area contributed by atoms with Gasteiger partial charge < -0.3 is 0 Å². The lowest BCUT2D eigenvalue weighted by molar-refractivity contribution is -0.144. The predicted molar refractivity (Wildman–Crippen MR) is 51.5 cm³/mol. The van der Waals surface area contributed by atoms with E-state index in [2.05, 4.69) is 10.1 Å². The molecule has 0 spiro atoms. The first-order valence-electron chi connectivity index (χ1n) is 4.51. The maximum atomic E-state index is 12.3. The van der Waals surface area contributed by atoms with Gasteiger partial charge in [-0.3, -0.25) is 5.10 Å². The minimum absolute atomic E-state index is 0.144. The van der Waals surface area contributed by atoms with Gasteiger partial charge in [-0.25, -0.2) is 4.98 Å². The highest BCUT2D eigenvalue weighted by molar-refractivity contribution is 5.63.